The molecule has 0 aromatic heterocycles. The zero-order valence-corrected chi connectivity index (χ0v) is 7.80. The lowest BCUT2D eigenvalue weighted by Crippen LogP contribution is -1.93. The Morgan fingerprint density at radius 3 is 2.75 bits per heavy atom. The number of hydrogen-bond acceptors (Lipinski definition) is 0. The van der Waals surface area contributed by atoms with E-state index in [1.165, 1.54) is 18.4 Å². The summed E-state index contributed by atoms with van der Waals surface area (Å²) in [4.78, 5) is 0. The fourth-order valence-electron chi connectivity index (χ4n) is 1.73. The van der Waals surface area contributed by atoms with E-state index < -0.39 is 0 Å². The highest BCUT2D eigenvalue weighted by Gasteiger charge is 2.25. The van der Waals surface area contributed by atoms with Gasteiger partial charge >= 0.3 is 0 Å². The average Bonchev–Trinajstić information content (AvgIpc) is 2.87. The van der Waals surface area contributed by atoms with Crippen molar-refractivity contribution < 1.29 is 0 Å². The fraction of sp³-hybridized carbons (Fsp3) is 0.500. The quantitative estimate of drug-likeness (QED) is 0.619. The largest absolute Gasteiger partial charge is 0.0587 e. The van der Waals surface area contributed by atoms with Gasteiger partial charge in [0.1, 0.15) is 0 Å². The molecule has 63 valence electrons. The Balaban J connectivity index is 2.36. The molecule has 0 amide bonds. The molecule has 0 N–H and O–H groups in total. The maximum Gasteiger partial charge on any atom is -0.0158 e. The van der Waals surface area contributed by atoms with Crippen LogP contribution in [0.5, 0.6) is 0 Å². The molecular weight excluding hydrogens is 144 g/mol. The first-order valence-electron chi connectivity index (χ1n) is 4.79. The van der Waals surface area contributed by atoms with Gasteiger partial charge in [0.2, 0.25) is 0 Å². The smallest absolute Gasteiger partial charge is 0.0158 e. The normalized spacial score (nSPS) is 16.9. The molecule has 1 saturated carbocycles. The summed E-state index contributed by atoms with van der Waals surface area (Å²) in [6.07, 6.45) is 2.77. The van der Waals surface area contributed by atoms with Crippen LogP contribution in [0.1, 0.15) is 49.7 Å². The molecule has 0 spiro atoms. The lowest BCUT2D eigenvalue weighted by molar-refractivity contribution is 0.842. The number of benzene rings is 1. The second kappa shape index (κ2) is 2.93. The SMILES string of the molecule is CC(C)c1cc[c]cc1C1CC1. The van der Waals surface area contributed by atoms with Crippen LogP contribution in [0.4, 0.5) is 0 Å². The Morgan fingerprint density at radius 1 is 1.42 bits per heavy atom. The minimum atomic E-state index is 0.662. The van der Waals surface area contributed by atoms with E-state index in [1.54, 1.807) is 5.56 Å². The molecule has 0 aliphatic heterocycles. The van der Waals surface area contributed by atoms with Crippen LogP contribution in [0.15, 0.2) is 18.2 Å². The molecular formula is C12H15. The fourth-order valence-corrected chi connectivity index (χ4v) is 1.73. The molecule has 1 aliphatic rings. The molecule has 0 heteroatoms. The van der Waals surface area contributed by atoms with Crippen LogP contribution < -0.4 is 0 Å². The van der Waals surface area contributed by atoms with Gasteiger partial charge in [0.15, 0.2) is 0 Å². The maximum absolute atomic E-state index is 3.18. The topological polar surface area (TPSA) is 0 Å². The van der Waals surface area contributed by atoms with Crippen molar-refractivity contribution >= 4 is 0 Å². The van der Waals surface area contributed by atoms with Crippen molar-refractivity contribution in [1.29, 1.82) is 0 Å². The van der Waals surface area contributed by atoms with Gasteiger partial charge < -0.3 is 0 Å². The van der Waals surface area contributed by atoms with Crippen LogP contribution in [0.2, 0.25) is 0 Å². The van der Waals surface area contributed by atoms with Crippen molar-refractivity contribution in [3.63, 3.8) is 0 Å². The molecule has 1 aliphatic carbocycles. The summed E-state index contributed by atoms with van der Waals surface area (Å²) in [5, 5.41) is 0. The molecule has 0 bridgehead atoms. The highest BCUT2D eigenvalue weighted by molar-refractivity contribution is 5.34. The highest BCUT2D eigenvalue weighted by Crippen LogP contribution is 2.42. The van der Waals surface area contributed by atoms with Gasteiger partial charge in [0.05, 0.1) is 0 Å². The van der Waals surface area contributed by atoms with Gasteiger partial charge in [0, 0.05) is 0 Å². The minimum absolute atomic E-state index is 0.662. The lowest BCUT2D eigenvalue weighted by Gasteiger charge is -2.10. The van der Waals surface area contributed by atoms with Crippen LogP contribution >= 0.6 is 0 Å². The molecule has 0 heterocycles. The molecule has 0 atom stereocenters. The maximum atomic E-state index is 3.18. The van der Waals surface area contributed by atoms with E-state index in [-0.39, 0.29) is 0 Å². The number of rotatable bonds is 2. The molecule has 1 aromatic carbocycles. The zero-order valence-electron chi connectivity index (χ0n) is 7.80. The summed E-state index contributed by atoms with van der Waals surface area (Å²) >= 11 is 0. The predicted molar refractivity (Wildman–Crippen MR) is 51.3 cm³/mol. The summed E-state index contributed by atoms with van der Waals surface area (Å²) in [5.41, 5.74) is 3.07. The Hall–Kier alpha value is -0.780. The van der Waals surface area contributed by atoms with E-state index >= 15 is 0 Å². The molecule has 1 radical (unpaired) electrons. The predicted octanol–water partition coefficient (Wildman–Crippen LogP) is 3.49. The van der Waals surface area contributed by atoms with E-state index in [0.717, 1.165) is 5.92 Å². The van der Waals surface area contributed by atoms with Crippen molar-refractivity contribution in [3.8, 4) is 0 Å². The van der Waals surface area contributed by atoms with Crippen LogP contribution in [-0.2, 0) is 0 Å². The second-order valence-corrected chi connectivity index (χ2v) is 3.98. The second-order valence-electron chi connectivity index (χ2n) is 3.98. The minimum Gasteiger partial charge on any atom is -0.0587 e. The molecule has 0 unspecified atom stereocenters. The van der Waals surface area contributed by atoms with E-state index in [0.29, 0.717) is 5.92 Å². The van der Waals surface area contributed by atoms with Crippen LogP contribution in [0.25, 0.3) is 0 Å². The van der Waals surface area contributed by atoms with Crippen LogP contribution in [0, 0.1) is 6.07 Å². The Kier molecular flexibility index (Phi) is 1.92. The standard InChI is InChI=1S/C12H15/c1-9(2)11-5-3-4-6-12(11)10-7-8-10/h3,5-6,9-10H,7-8H2,1-2H3. The Morgan fingerprint density at radius 2 is 2.17 bits per heavy atom. The highest BCUT2D eigenvalue weighted by atomic mass is 14.3. The molecule has 0 saturated heterocycles. The molecule has 1 fully saturated rings. The summed E-state index contributed by atoms with van der Waals surface area (Å²) in [6.45, 7) is 4.53. The molecule has 2 rings (SSSR count). The first-order chi connectivity index (χ1) is 5.79. The summed E-state index contributed by atoms with van der Waals surface area (Å²) in [6, 6.07) is 9.60. The van der Waals surface area contributed by atoms with Crippen molar-refractivity contribution in [2.75, 3.05) is 0 Å². The first kappa shape index (κ1) is 7.85. The molecule has 1 aromatic rings. The average molecular weight is 159 g/mol. The third-order valence-electron chi connectivity index (χ3n) is 2.57. The van der Waals surface area contributed by atoms with Gasteiger partial charge in [-0.15, -0.1) is 0 Å². The monoisotopic (exact) mass is 159 g/mol. The van der Waals surface area contributed by atoms with Crippen molar-refractivity contribution in [2.45, 2.75) is 38.5 Å². The van der Waals surface area contributed by atoms with Gasteiger partial charge in [-0.2, -0.15) is 0 Å². The van der Waals surface area contributed by atoms with Gasteiger partial charge in [-0.3, -0.25) is 0 Å². The zero-order chi connectivity index (χ0) is 8.55. The summed E-state index contributed by atoms with van der Waals surface area (Å²) in [5.74, 6) is 1.52. The molecule has 12 heavy (non-hydrogen) atoms. The Labute approximate surface area is 74.6 Å². The van der Waals surface area contributed by atoms with Crippen molar-refractivity contribution in [3.05, 3.63) is 35.4 Å². The third kappa shape index (κ3) is 1.38. The van der Waals surface area contributed by atoms with E-state index in [2.05, 4.69) is 32.0 Å². The summed E-state index contributed by atoms with van der Waals surface area (Å²) < 4.78 is 0. The van der Waals surface area contributed by atoms with Crippen LogP contribution in [0.3, 0.4) is 0 Å². The third-order valence-corrected chi connectivity index (χ3v) is 2.57. The first-order valence-corrected chi connectivity index (χ1v) is 4.79. The van der Waals surface area contributed by atoms with E-state index in [1.807, 2.05) is 6.07 Å². The number of hydrogen-bond donors (Lipinski definition) is 0. The van der Waals surface area contributed by atoms with Crippen molar-refractivity contribution in [1.82, 2.24) is 0 Å². The molecule has 0 nitrogen and oxygen atoms in total. The summed E-state index contributed by atoms with van der Waals surface area (Å²) in [7, 11) is 0. The van der Waals surface area contributed by atoms with E-state index in [9.17, 15) is 0 Å². The van der Waals surface area contributed by atoms with Gasteiger partial charge in [-0.25, -0.2) is 0 Å². The van der Waals surface area contributed by atoms with Crippen molar-refractivity contribution in [2.24, 2.45) is 0 Å². The lowest BCUT2D eigenvalue weighted by atomic mass is 9.95. The van der Waals surface area contributed by atoms with Gasteiger partial charge in [0.25, 0.3) is 0 Å². The Bertz CT molecular complexity index is 248. The van der Waals surface area contributed by atoms with Gasteiger partial charge in [-0.1, -0.05) is 32.0 Å². The van der Waals surface area contributed by atoms with E-state index in [4.69, 9.17) is 0 Å². The van der Waals surface area contributed by atoms with Gasteiger partial charge in [-0.05, 0) is 41.9 Å². The van der Waals surface area contributed by atoms with Crippen LogP contribution in [-0.4, -0.2) is 0 Å².